The Labute approximate surface area is 243 Å². The van der Waals surface area contributed by atoms with Crippen LogP contribution < -0.4 is 0 Å². The van der Waals surface area contributed by atoms with Gasteiger partial charge in [-0.3, -0.25) is 14.5 Å². The number of rotatable bonds is 21. The van der Waals surface area contributed by atoms with Crippen molar-refractivity contribution in [2.24, 2.45) is 5.92 Å². The number of carbonyl (C=O) groups excluding carboxylic acids is 2. The molecule has 0 aromatic rings. The highest BCUT2D eigenvalue weighted by atomic mass is 16.9. The minimum absolute atomic E-state index is 0.121. The molecule has 1 aliphatic heterocycles. The number of allylic oxidation sites excluding steroid dienone is 2. The van der Waals surface area contributed by atoms with Gasteiger partial charge in [0.15, 0.2) is 0 Å². The summed E-state index contributed by atoms with van der Waals surface area (Å²) in [6.07, 6.45) is 21.7. The van der Waals surface area contributed by atoms with Crippen molar-refractivity contribution in [3.05, 3.63) is 22.3 Å². The van der Waals surface area contributed by atoms with Gasteiger partial charge in [0.25, 0.3) is 5.09 Å². The molecule has 0 spiro atoms. The van der Waals surface area contributed by atoms with E-state index in [0.717, 1.165) is 77.3 Å². The maximum atomic E-state index is 11.6. The highest BCUT2D eigenvalue weighted by Gasteiger charge is 2.17. The molecule has 0 radical (unpaired) electrons. The fraction of sp³-hybridized carbons (Fsp3) is 0.871. The third kappa shape index (κ3) is 20.8. The Balaban J connectivity index is 0.000000433. The monoisotopic (exact) mass is 567 g/mol. The van der Waals surface area contributed by atoms with Gasteiger partial charge < -0.3 is 14.5 Å². The van der Waals surface area contributed by atoms with E-state index in [0.29, 0.717) is 25.2 Å². The van der Waals surface area contributed by atoms with Crippen LogP contribution in [0.1, 0.15) is 117 Å². The predicted molar refractivity (Wildman–Crippen MR) is 160 cm³/mol. The number of carbonyl (C=O) groups is 2. The number of ketones is 1. The van der Waals surface area contributed by atoms with Gasteiger partial charge in [-0.1, -0.05) is 70.4 Å². The molecule has 0 amide bonds. The van der Waals surface area contributed by atoms with Crippen molar-refractivity contribution < 1.29 is 24.3 Å². The lowest BCUT2D eigenvalue weighted by Gasteiger charge is -2.34. The standard InChI is InChI=1S/C16H29N3O5.C15H28O/c1-2-3-4-5-7-16(20)23-15-13-18-11-9-17(10-12-18)8-6-14-24-19(21)22;1-2-3-4-5-6-11-15(16)13-12-14-9-7-8-10-14/h2-3H,4-15H2,1H3;14H,2-13H2,1H3/b3-2-;. The summed E-state index contributed by atoms with van der Waals surface area (Å²) in [6.45, 7) is 10.1. The molecule has 0 atom stereocenters. The number of hydrogen-bond acceptors (Lipinski definition) is 8. The molecule has 2 fully saturated rings. The maximum Gasteiger partial charge on any atom is 0.305 e. The van der Waals surface area contributed by atoms with E-state index >= 15 is 0 Å². The van der Waals surface area contributed by atoms with Crippen LogP contribution in [0.3, 0.4) is 0 Å². The van der Waals surface area contributed by atoms with Gasteiger partial charge >= 0.3 is 5.97 Å². The van der Waals surface area contributed by atoms with E-state index < -0.39 is 5.09 Å². The van der Waals surface area contributed by atoms with Crippen molar-refractivity contribution in [3.8, 4) is 0 Å². The molecule has 1 aliphatic carbocycles. The molecule has 232 valence electrons. The second-order valence-electron chi connectivity index (χ2n) is 11.2. The number of hydrogen-bond donors (Lipinski definition) is 0. The number of ether oxygens (including phenoxy) is 1. The molecule has 0 aromatic heterocycles. The van der Waals surface area contributed by atoms with Gasteiger partial charge in [-0.05, 0) is 44.9 Å². The van der Waals surface area contributed by atoms with Crippen molar-refractivity contribution >= 4 is 11.8 Å². The summed E-state index contributed by atoms with van der Waals surface area (Å²) >= 11 is 0. The van der Waals surface area contributed by atoms with Gasteiger partial charge in [0, 0.05) is 58.5 Å². The lowest BCUT2D eigenvalue weighted by molar-refractivity contribution is -0.757. The van der Waals surface area contributed by atoms with Gasteiger partial charge in [-0.15, -0.1) is 10.1 Å². The molecule has 0 aromatic carbocycles. The summed E-state index contributed by atoms with van der Waals surface area (Å²) in [5.74, 6) is 1.27. The summed E-state index contributed by atoms with van der Waals surface area (Å²) in [4.78, 5) is 42.1. The first-order valence-electron chi connectivity index (χ1n) is 15.9. The van der Waals surface area contributed by atoms with E-state index in [2.05, 4.69) is 27.6 Å². The molecular formula is C31H57N3O6. The van der Waals surface area contributed by atoms with Gasteiger partial charge in [-0.2, -0.15) is 0 Å². The molecule has 1 heterocycles. The first-order chi connectivity index (χ1) is 19.4. The van der Waals surface area contributed by atoms with Crippen molar-refractivity contribution in [2.75, 3.05) is 52.5 Å². The van der Waals surface area contributed by atoms with Crippen molar-refractivity contribution in [1.29, 1.82) is 0 Å². The van der Waals surface area contributed by atoms with Crippen LogP contribution in [-0.4, -0.2) is 79.1 Å². The minimum atomic E-state index is -0.750. The highest BCUT2D eigenvalue weighted by Crippen LogP contribution is 2.28. The Morgan fingerprint density at radius 3 is 2.20 bits per heavy atom. The quantitative estimate of drug-likeness (QED) is 0.0518. The van der Waals surface area contributed by atoms with Gasteiger partial charge in [-0.25, -0.2) is 0 Å². The Hall–Kier alpha value is -2.00. The highest BCUT2D eigenvalue weighted by molar-refractivity contribution is 5.78. The van der Waals surface area contributed by atoms with Crippen LogP contribution in [0.25, 0.3) is 0 Å². The number of piperazine rings is 1. The minimum Gasteiger partial charge on any atom is -0.464 e. The Morgan fingerprint density at radius 1 is 0.875 bits per heavy atom. The second-order valence-corrected chi connectivity index (χ2v) is 11.2. The number of nitrogens with zero attached hydrogens (tertiary/aromatic N) is 3. The second kappa shape index (κ2) is 24.8. The largest absolute Gasteiger partial charge is 0.464 e. The molecular weight excluding hydrogens is 510 g/mol. The third-order valence-corrected chi connectivity index (χ3v) is 7.80. The predicted octanol–water partition coefficient (Wildman–Crippen LogP) is 6.38. The molecule has 40 heavy (non-hydrogen) atoms. The molecule has 9 heteroatoms. The average Bonchev–Trinajstić information content (AvgIpc) is 3.47. The van der Waals surface area contributed by atoms with Crippen LogP contribution in [0.5, 0.6) is 0 Å². The Morgan fingerprint density at radius 2 is 1.55 bits per heavy atom. The van der Waals surface area contributed by atoms with Crippen LogP contribution in [0.4, 0.5) is 0 Å². The smallest absolute Gasteiger partial charge is 0.305 e. The molecule has 0 N–H and O–H groups in total. The topological polar surface area (TPSA) is 102 Å². The van der Waals surface area contributed by atoms with Crippen LogP contribution in [0, 0.1) is 16.0 Å². The molecule has 2 aliphatic rings. The summed E-state index contributed by atoms with van der Waals surface area (Å²) in [7, 11) is 0. The zero-order valence-corrected chi connectivity index (χ0v) is 25.5. The lowest BCUT2D eigenvalue weighted by atomic mass is 9.98. The van der Waals surface area contributed by atoms with Crippen molar-refractivity contribution in [1.82, 2.24) is 9.80 Å². The van der Waals surface area contributed by atoms with Gasteiger partial charge in [0.1, 0.15) is 12.4 Å². The molecule has 2 rings (SSSR count). The number of Topliss-reactive ketones (excluding diaryl/α,β-unsaturated/α-hetero) is 1. The summed E-state index contributed by atoms with van der Waals surface area (Å²) in [6, 6.07) is 0. The van der Waals surface area contributed by atoms with E-state index in [1.165, 1.54) is 57.8 Å². The van der Waals surface area contributed by atoms with E-state index in [9.17, 15) is 19.7 Å². The number of esters is 1. The number of unbranched alkanes of at least 4 members (excludes halogenated alkanes) is 5. The average molecular weight is 568 g/mol. The molecule has 1 saturated carbocycles. The van der Waals surface area contributed by atoms with Crippen LogP contribution >= 0.6 is 0 Å². The van der Waals surface area contributed by atoms with E-state index in [-0.39, 0.29) is 12.6 Å². The molecule has 0 bridgehead atoms. The van der Waals surface area contributed by atoms with Crippen LogP contribution in [-0.2, 0) is 19.2 Å². The van der Waals surface area contributed by atoms with E-state index in [4.69, 9.17) is 4.74 Å². The van der Waals surface area contributed by atoms with Gasteiger partial charge in [0.05, 0.1) is 6.61 Å². The maximum absolute atomic E-state index is 11.6. The Bertz CT molecular complexity index is 689. The summed E-state index contributed by atoms with van der Waals surface area (Å²) in [5, 5.41) is 9.30. The first kappa shape index (κ1) is 36.0. The van der Waals surface area contributed by atoms with Crippen molar-refractivity contribution in [2.45, 2.75) is 117 Å². The van der Waals surface area contributed by atoms with E-state index in [1.807, 2.05) is 13.0 Å². The zero-order valence-electron chi connectivity index (χ0n) is 25.5. The molecule has 9 nitrogen and oxygen atoms in total. The fourth-order valence-electron chi connectivity index (χ4n) is 5.27. The zero-order chi connectivity index (χ0) is 29.3. The van der Waals surface area contributed by atoms with Crippen LogP contribution in [0.15, 0.2) is 12.2 Å². The third-order valence-electron chi connectivity index (χ3n) is 7.80. The normalized spacial score (nSPS) is 16.6. The first-order valence-corrected chi connectivity index (χ1v) is 15.9. The van der Waals surface area contributed by atoms with E-state index in [1.54, 1.807) is 0 Å². The summed E-state index contributed by atoms with van der Waals surface area (Å²) in [5.41, 5.74) is 0. The molecule has 0 unspecified atom stereocenters. The lowest BCUT2D eigenvalue weighted by Crippen LogP contribution is -2.47. The van der Waals surface area contributed by atoms with Crippen LogP contribution in [0.2, 0.25) is 0 Å². The van der Waals surface area contributed by atoms with Gasteiger partial charge in [0.2, 0.25) is 0 Å². The summed E-state index contributed by atoms with van der Waals surface area (Å²) < 4.78 is 5.26. The Kier molecular flexibility index (Phi) is 22.3. The molecule has 1 saturated heterocycles. The SMILES string of the molecule is C/C=C\CCCC(=O)OCCN1CCN(CCCO[N+](=O)[O-])CC1.CCCCCCCC(=O)CCC1CCCC1. The van der Waals surface area contributed by atoms with Crippen molar-refractivity contribution in [3.63, 3.8) is 0 Å². The fourth-order valence-corrected chi connectivity index (χ4v) is 5.27.